The lowest BCUT2D eigenvalue weighted by atomic mass is 10.0. The fourth-order valence-electron chi connectivity index (χ4n) is 1.86. The molecule has 0 radical (unpaired) electrons. The standard InChI is InChI=1S/C13H17N3O/c1-3-11-6-4-5-7-12(11)13-15-14-10-16(13)8-9-17-2/h4-7,10H,3,8-9H2,1-2H3. The molecule has 0 spiro atoms. The molecule has 0 bridgehead atoms. The Kier molecular flexibility index (Phi) is 3.88. The molecule has 1 aromatic carbocycles. The number of hydrogen-bond acceptors (Lipinski definition) is 3. The van der Waals surface area contributed by atoms with Crippen molar-refractivity contribution in [1.82, 2.24) is 14.8 Å². The monoisotopic (exact) mass is 231 g/mol. The summed E-state index contributed by atoms with van der Waals surface area (Å²) in [6, 6.07) is 8.30. The van der Waals surface area contributed by atoms with Gasteiger partial charge < -0.3 is 9.30 Å². The van der Waals surface area contributed by atoms with E-state index >= 15 is 0 Å². The molecule has 0 unspecified atom stereocenters. The SMILES string of the molecule is CCc1ccccc1-c1nncn1CCOC. The van der Waals surface area contributed by atoms with E-state index in [0.29, 0.717) is 6.61 Å². The summed E-state index contributed by atoms with van der Waals surface area (Å²) in [6.45, 7) is 3.59. The van der Waals surface area contributed by atoms with Crippen molar-refractivity contribution < 1.29 is 4.74 Å². The molecule has 0 aliphatic carbocycles. The van der Waals surface area contributed by atoms with Crippen molar-refractivity contribution in [2.24, 2.45) is 0 Å². The van der Waals surface area contributed by atoms with Crippen LogP contribution in [0.4, 0.5) is 0 Å². The van der Waals surface area contributed by atoms with Crippen LogP contribution in [0.3, 0.4) is 0 Å². The molecule has 4 nitrogen and oxygen atoms in total. The van der Waals surface area contributed by atoms with E-state index in [1.165, 1.54) is 5.56 Å². The minimum atomic E-state index is 0.666. The first-order valence-corrected chi connectivity index (χ1v) is 5.81. The van der Waals surface area contributed by atoms with E-state index in [1.54, 1.807) is 13.4 Å². The lowest BCUT2D eigenvalue weighted by Gasteiger charge is -2.09. The van der Waals surface area contributed by atoms with E-state index < -0.39 is 0 Å². The smallest absolute Gasteiger partial charge is 0.164 e. The molecule has 0 N–H and O–H groups in total. The second kappa shape index (κ2) is 5.59. The summed E-state index contributed by atoms with van der Waals surface area (Å²) in [5.41, 5.74) is 2.45. The van der Waals surface area contributed by atoms with Crippen LogP contribution in [-0.4, -0.2) is 28.5 Å². The molecule has 0 aliphatic heterocycles. The van der Waals surface area contributed by atoms with Crippen LogP contribution in [-0.2, 0) is 17.7 Å². The van der Waals surface area contributed by atoms with Crippen molar-refractivity contribution in [1.29, 1.82) is 0 Å². The first-order chi connectivity index (χ1) is 8.36. The van der Waals surface area contributed by atoms with E-state index in [-0.39, 0.29) is 0 Å². The topological polar surface area (TPSA) is 39.9 Å². The van der Waals surface area contributed by atoms with Crippen LogP contribution < -0.4 is 0 Å². The van der Waals surface area contributed by atoms with Crippen LogP contribution in [0.5, 0.6) is 0 Å². The number of aryl methyl sites for hydroxylation is 1. The summed E-state index contributed by atoms with van der Waals surface area (Å²) in [5.74, 6) is 0.916. The minimum Gasteiger partial charge on any atom is -0.383 e. The van der Waals surface area contributed by atoms with Crippen LogP contribution in [0.1, 0.15) is 12.5 Å². The third-order valence-electron chi connectivity index (χ3n) is 2.79. The van der Waals surface area contributed by atoms with Crippen molar-refractivity contribution in [2.75, 3.05) is 13.7 Å². The average Bonchev–Trinajstić information content (AvgIpc) is 2.84. The van der Waals surface area contributed by atoms with Gasteiger partial charge in [-0.3, -0.25) is 0 Å². The Balaban J connectivity index is 2.35. The Morgan fingerprint density at radius 3 is 2.88 bits per heavy atom. The van der Waals surface area contributed by atoms with E-state index in [0.717, 1.165) is 24.4 Å². The van der Waals surface area contributed by atoms with Crippen molar-refractivity contribution in [3.05, 3.63) is 36.2 Å². The van der Waals surface area contributed by atoms with Gasteiger partial charge in [-0.2, -0.15) is 0 Å². The molecule has 17 heavy (non-hydrogen) atoms. The first-order valence-electron chi connectivity index (χ1n) is 5.81. The van der Waals surface area contributed by atoms with E-state index in [9.17, 15) is 0 Å². The molecule has 2 rings (SSSR count). The zero-order valence-electron chi connectivity index (χ0n) is 10.3. The number of benzene rings is 1. The van der Waals surface area contributed by atoms with E-state index in [2.05, 4.69) is 35.3 Å². The van der Waals surface area contributed by atoms with Crippen LogP contribution >= 0.6 is 0 Å². The van der Waals surface area contributed by atoms with Crippen LogP contribution in [0.2, 0.25) is 0 Å². The fraction of sp³-hybridized carbons (Fsp3) is 0.385. The first kappa shape index (κ1) is 11.8. The fourth-order valence-corrected chi connectivity index (χ4v) is 1.86. The lowest BCUT2D eigenvalue weighted by Crippen LogP contribution is -2.05. The highest BCUT2D eigenvalue weighted by molar-refractivity contribution is 5.60. The Bertz CT molecular complexity index is 479. The van der Waals surface area contributed by atoms with Crippen molar-refractivity contribution in [2.45, 2.75) is 19.9 Å². The zero-order chi connectivity index (χ0) is 12.1. The second-order valence-electron chi connectivity index (χ2n) is 3.85. The van der Waals surface area contributed by atoms with Crippen LogP contribution in [0, 0.1) is 0 Å². The van der Waals surface area contributed by atoms with Gasteiger partial charge in [0.05, 0.1) is 6.61 Å². The van der Waals surface area contributed by atoms with Gasteiger partial charge in [0, 0.05) is 19.2 Å². The molecule has 1 heterocycles. The number of ether oxygens (including phenoxy) is 1. The number of nitrogens with zero attached hydrogens (tertiary/aromatic N) is 3. The van der Waals surface area contributed by atoms with Gasteiger partial charge in [-0.1, -0.05) is 31.2 Å². The Hall–Kier alpha value is -1.68. The van der Waals surface area contributed by atoms with Gasteiger partial charge >= 0.3 is 0 Å². The third kappa shape index (κ3) is 2.53. The Morgan fingerprint density at radius 2 is 2.12 bits per heavy atom. The third-order valence-corrected chi connectivity index (χ3v) is 2.79. The maximum atomic E-state index is 5.09. The van der Waals surface area contributed by atoms with E-state index in [4.69, 9.17) is 4.74 Å². The molecule has 0 aliphatic rings. The second-order valence-corrected chi connectivity index (χ2v) is 3.85. The molecule has 0 fully saturated rings. The number of methoxy groups -OCH3 is 1. The van der Waals surface area contributed by atoms with Gasteiger partial charge in [0.25, 0.3) is 0 Å². The van der Waals surface area contributed by atoms with Gasteiger partial charge in [0.15, 0.2) is 5.82 Å². The molecule has 0 saturated carbocycles. The highest BCUT2D eigenvalue weighted by atomic mass is 16.5. The summed E-state index contributed by atoms with van der Waals surface area (Å²) in [7, 11) is 1.70. The van der Waals surface area contributed by atoms with Crippen LogP contribution in [0.15, 0.2) is 30.6 Å². The molecule has 0 atom stereocenters. The molecule has 0 saturated heterocycles. The number of aromatic nitrogens is 3. The maximum absolute atomic E-state index is 5.09. The predicted molar refractivity (Wildman–Crippen MR) is 66.7 cm³/mol. The summed E-state index contributed by atoms with van der Waals surface area (Å²) in [5, 5.41) is 8.19. The summed E-state index contributed by atoms with van der Waals surface area (Å²) < 4.78 is 7.11. The van der Waals surface area contributed by atoms with Gasteiger partial charge in [0.2, 0.25) is 0 Å². The molecule has 1 aromatic heterocycles. The molecular formula is C13H17N3O. The van der Waals surface area contributed by atoms with Gasteiger partial charge in [-0.05, 0) is 12.0 Å². The lowest BCUT2D eigenvalue weighted by molar-refractivity contribution is 0.187. The summed E-state index contributed by atoms with van der Waals surface area (Å²) in [6.07, 6.45) is 2.74. The highest BCUT2D eigenvalue weighted by Gasteiger charge is 2.09. The summed E-state index contributed by atoms with van der Waals surface area (Å²) in [4.78, 5) is 0. The molecule has 2 aromatic rings. The largest absolute Gasteiger partial charge is 0.383 e. The Labute approximate surface area is 101 Å². The predicted octanol–water partition coefficient (Wildman–Crippen LogP) is 2.15. The van der Waals surface area contributed by atoms with Gasteiger partial charge in [0.1, 0.15) is 6.33 Å². The maximum Gasteiger partial charge on any atom is 0.164 e. The quantitative estimate of drug-likeness (QED) is 0.791. The van der Waals surface area contributed by atoms with Gasteiger partial charge in [-0.25, -0.2) is 0 Å². The number of hydrogen-bond donors (Lipinski definition) is 0. The van der Waals surface area contributed by atoms with Crippen LogP contribution in [0.25, 0.3) is 11.4 Å². The van der Waals surface area contributed by atoms with Gasteiger partial charge in [-0.15, -0.1) is 10.2 Å². The van der Waals surface area contributed by atoms with E-state index in [1.807, 2.05) is 10.6 Å². The normalized spacial score (nSPS) is 10.7. The number of rotatable bonds is 5. The average molecular weight is 231 g/mol. The molecule has 0 amide bonds. The van der Waals surface area contributed by atoms with Crippen molar-refractivity contribution >= 4 is 0 Å². The molecular weight excluding hydrogens is 214 g/mol. The molecule has 4 heteroatoms. The zero-order valence-corrected chi connectivity index (χ0v) is 10.3. The van der Waals surface area contributed by atoms with Crippen molar-refractivity contribution in [3.63, 3.8) is 0 Å². The van der Waals surface area contributed by atoms with Crippen molar-refractivity contribution in [3.8, 4) is 11.4 Å². The Morgan fingerprint density at radius 1 is 1.29 bits per heavy atom. The molecule has 90 valence electrons. The summed E-state index contributed by atoms with van der Waals surface area (Å²) >= 11 is 0. The minimum absolute atomic E-state index is 0.666. The highest BCUT2D eigenvalue weighted by Crippen LogP contribution is 2.21.